The van der Waals surface area contributed by atoms with Gasteiger partial charge in [-0.05, 0) is 48.9 Å². The summed E-state index contributed by atoms with van der Waals surface area (Å²) in [6.45, 7) is 2.01. The van der Waals surface area contributed by atoms with Crippen molar-refractivity contribution in [2.75, 3.05) is 11.9 Å². The van der Waals surface area contributed by atoms with E-state index in [2.05, 4.69) is 28.5 Å². The largest absolute Gasteiger partial charge is 0.482 e. The molecule has 1 atom stereocenters. The predicted molar refractivity (Wildman–Crippen MR) is 111 cm³/mol. The SMILES string of the molecule is C[C@H]1CCc2c(sc(NC(=O)COc3ccc(Cl)cc3-n3cnnc3)c2C#N)C1. The molecule has 1 aromatic carbocycles. The number of amides is 1. The van der Waals surface area contributed by atoms with Gasteiger partial charge in [0.05, 0.1) is 11.3 Å². The minimum atomic E-state index is -0.321. The first-order valence-electron chi connectivity index (χ1n) is 9.17. The molecule has 1 amide bonds. The van der Waals surface area contributed by atoms with Crippen LogP contribution in [0.4, 0.5) is 5.00 Å². The fourth-order valence-corrected chi connectivity index (χ4v) is 4.95. The second-order valence-corrected chi connectivity index (χ2v) is 8.53. The van der Waals surface area contributed by atoms with Crippen LogP contribution in [0.1, 0.15) is 29.3 Å². The van der Waals surface area contributed by atoms with Crippen molar-refractivity contribution in [2.45, 2.75) is 26.2 Å². The highest BCUT2D eigenvalue weighted by atomic mass is 35.5. The fraction of sp³-hybridized carbons (Fsp3) is 0.300. The van der Waals surface area contributed by atoms with E-state index in [-0.39, 0.29) is 12.5 Å². The van der Waals surface area contributed by atoms with Crippen molar-refractivity contribution < 1.29 is 9.53 Å². The highest BCUT2D eigenvalue weighted by Crippen LogP contribution is 2.39. The molecule has 3 aromatic rings. The van der Waals surface area contributed by atoms with Gasteiger partial charge in [-0.25, -0.2) is 0 Å². The van der Waals surface area contributed by atoms with E-state index in [1.165, 1.54) is 28.9 Å². The minimum Gasteiger partial charge on any atom is -0.482 e. The molecule has 0 unspecified atom stereocenters. The molecular weight excluding hydrogens is 410 g/mol. The zero-order chi connectivity index (χ0) is 20.4. The third-order valence-corrected chi connectivity index (χ3v) is 6.26. The van der Waals surface area contributed by atoms with Gasteiger partial charge >= 0.3 is 0 Å². The highest BCUT2D eigenvalue weighted by molar-refractivity contribution is 7.16. The topological polar surface area (TPSA) is 92.8 Å². The summed E-state index contributed by atoms with van der Waals surface area (Å²) in [4.78, 5) is 13.7. The van der Waals surface area contributed by atoms with Gasteiger partial charge in [-0.15, -0.1) is 21.5 Å². The Labute approximate surface area is 176 Å². The third kappa shape index (κ3) is 4.11. The lowest BCUT2D eigenvalue weighted by atomic mass is 9.89. The average molecular weight is 428 g/mol. The number of hydrogen-bond acceptors (Lipinski definition) is 6. The van der Waals surface area contributed by atoms with Crippen molar-refractivity contribution in [1.29, 1.82) is 5.26 Å². The Balaban J connectivity index is 1.48. The Kier molecular flexibility index (Phi) is 5.51. The molecule has 1 aliphatic rings. The Bertz CT molecular complexity index is 1090. The molecule has 0 saturated carbocycles. The molecule has 1 N–H and O–H groups in total. The molecule has 0 radical (unpaired) electrons. The van der Waals surface area contributed by atoms with E-state index in [1.807, 2.05) is 0 Å². The van der Waals surface area contributed by atoms with Gasteiger partial charge in [0.2, 0.25) is 0 Å². The van der Waals surface area contributed by atoms with Gasteiger partial charge in [0.25, 0.3) is 5.91 Å². The minimum absolute atomic E-state index is 0.194. The molecule has 2 heterocycles. The van der Waals surface area contributed by atoms with E-state index in [0.29, 0.717) is 32.9 Å². The summed E-state index contributed by atoms with van der Waals surface area (Å²) < 4.78 is 7.37. The number of carbonyl (C=O) groups excluding carboxylic acids is 1. The highest BCUT2D eigenvalue weighted by Gasteiger charge is 2.24. The average Bonchev–Trinajstić information content (AvgIpc) is 3.34. The molecule has 1 aliphatic carbocycles. The molecule has 0 saturated heterocycles. The molecule has 0 spiro atoms. The number of rotatable bonds is 5. The van der Waals surface area contributed by atoms with Crippen molar-refractivity contribution >= 4 is 33.8 Å². The Morgan fingerprint density at radius 3 is 3.00 bits per heavy atom. The van der Waals surface area contributed by atoms with Crippen LogP contribution in [0.2, 0.25) is 5.02 Å². The van der Waals surface area contributed by atoms with E-state index in [9.17, 15) is 10.1 Å². The summed E-state index contributed by atoms with van der Waals surface area (Å²) in [5, 5.41) is 21.1. The number of carbonyl (C=O) groups is 1. The van der Waals surface area contributed by atoms with Crippen LogP contribution in [0.3, 0.4) is 0 Å². The number of nitrogens with zero attached hydrogens (tertiary/aromatic N) is 4. The first-order valence-corrected chi connectivity index (χ1v) is 10.4. The van der Waals surface area contributed by atoms with Crippen molar-refractivity contribution in [1.82, 2.24) is 14.8 Å². The first kappa shape index (κ1) is 19.4. The fourth-order valence-electron chi connectivity index (χ4n) is 3.40. The smallest absolute Gasteiger partial charge is 0.262 e. The second kappa shape index (κ2) is 8.23. The number of hydrogen-bond donors (Lipinski definition) is 1. The summed E-state index contributed by atoms with van der Waals surface area (Å²) in [5.74, 6) is 0.752. The molecular formula is C20H18ClN5O2S. The van der Waals surface area contributed by atoms with Crippen LogP contribution in [0.5, 0.6) is 5.75 Å². The number of nitrogens with one attached hydrogen (secondary N) is 1. The summed E-state index contributed by atoms with van der Waals surface area (Å²) in [5.41, 5.74) is 2.30. The number of anilines is 1. The number of nitriles is 1. The number of ether oxygens (including phenoxy) is 1. The number of thiophene rings is 1. The molecule has 0 bridgehead atoms. The van der Waals surface area contributed by atoms with Gasteiger partial charge in [0.1, 0.15) is 29.5 Å². The Morgan fingerprint density at radius 1 is 1.45 bits per heavy atom. The van der Waals surface area contributed by atoms with Gasteiger partial charge in [0, 0.05) is 9.90 Å². The maximum absolute atomic E-state index is 12.5. The third-order valence-electron chi connectivity index (χ3n) is 4.85. The van der Waals surface area contributed by atoms with E-state index in [1.54, 1.807) is 22.8 Å². The monoisotopic (exact) mass is 427 g/mol. The van der Waals surface area contributed by atoms with Gasteiger partial charge in [-0.2, -0.15) is 5.26 Å². The van der Waals surface area contributed by atoms with E-state index in [0.717, 1.165) is 24.8 Å². The molecule has 2 aromatic heterocycles. The molecule has 0 aliphatic heterocycles. The zero-order valence-corrected chi connectivity index (χ0v) is 17.3. The summed E-state index contributed by atoms with van der Waals surface area (Å²) >= 11 is 7.57. The molecule has 9 heteroatoms. The predicted octanol–water partition coefficient (Wildman–Crippen LogP) is 4.00. The van der Waals surface area contributed by atoms with Crippen molar-refractivity contribution in [3.63, 3.8) is 0 Å². The van der Waals surface area contributed by atoms with Gasteiger partial charge < -0.3 is 10.1 Å². The lowest BCUT2D eigenvalue weighted by Gasteiger charge is -2.17. The van der Waals surface area contributed by atoms with Crippen LogP contribution in [-0.4, -0.2) is 27.3 Å². The molecule has 0 fully saturated rings. The first-order chi connectivity index (χ1) is 14.0. The molecule has 4 rings (SSSR count). The van der Waals surface area contributed by atoms with Crippen molar-refractivity contribution in [2.24, 2.45) is 5.92 Å². The molecule has 29 heavy (non-hydrogen) atoms. The summed E-state index contributed by atoms with van der Waals surface area (Å²) in [6.07, 6.45) is 5.95. The van der Waals surface area contributed by atoms with Crippen LogP contribution >= 0.6 is 22.9 Å². The number of aromatic nitrogens is 3. The quantitative estimate of drug-likeness (QED) is 0.664. The van der Waals surface area contributed by atoms with E-state index < -0.39 is 0 Å². The van der Waals surface area contributed by atoms with Crippen LogP contribution in [0.25, 0.3) is 5.69 Å². The van der Waals surface area contributed by atoms with Crippen LogP contribution in [0.15, 0.2) is 30.9 Å². The van der Waals surface area contributed by atoms with Crippen LogP contribution in [-0.2, 0) is 17.6 Å². The van der Waals surface area contributed by atoms with Crippen molar-refractivity contribution in [3.8, 4) is 17.5 Å². The lowest BCUT2D eigenvalue weighted by Crippen LogP contribution is -2.20. The molecule has 7 nitrogen and oxygen atoms in total. The molecule has 148 valence electrons. The van der Waals surface area contributed by atoms with Crippen LogP contribution in [0, 0.1) is 17.2 Å². The standard InChI is InChI=1S/C20H18ClN5O2S/c1-12-2-4-14-15(8-22)20(29-18(14)6-12)25-19(27)9-28-17-5-3-13(21)7-16(17)26-10-23-24-11-26/h3,5,7,10-12H,2,4,6,9H2,1H3,(H,25,27)/t12-/m0/s1. The summed E-state index contributed by atoms with van der Waals surface area (Å²) in [6, 6.07) is 7.34. The Morgan fingerprint density at radius 2 is 2.24 bits per heavy atom. The number of halogens is 1. The zero-order valence-electron chi connectivity index (χ0n) is 15.7. The maximum Gasteiger partial charge on any atom is 0.262 e. The number of benzene rings is 1. The van der Waals surface area contributed by atoms with E-state index >= 15 is 0 Å². The van der Waals surface area contributed by atoms with Crippen molar-refractivity contribution in [3.05, 3.63) is 51.9 Å². The maximum atomic E-state index is 12.5. The normalized spacial score (nSPS) is 15.4. The lowest BCUT2D eigenvalue weighted by molar-refractivity contribution is -0.118. The summed E-state index contributed by atoms with van der Waals surface area (Å²) in [7, 11) is 0. The number of fused-ring (bicyclic) bond motifs is 1. The van der Waals surface area contributed by atoms with Crippen LogP contribution < -0.4 is 10.1 Å². The van der Waals surface area contributed by atoms with Gasteiger partial charge in [-0.1, -0.05) is 18.5 Å². The Hall–Kier alpha value is -2.89. The van der Waals surface area contributed by atoms with Gasteiger partial charge in [0.15, 0.2) is 6.61 Å². The second-order valence-electron chi connectivity index (χ2n) is 6.99. The van der Waals surface area contributed by atoms with Gasteiger partial charge in [-0.3, -0.25) is 9.36 Å². The van der Waals surface area contributed by atoms with E-state index in [4.69, 9.17) is 16.3 Å².